The number of nitrogens with one attached hydrogen (secondary N) is 4. The van der Waals surface area contributed by atoms with E-state index in [-0.39, 0.29) is 29.9 Å². The Labute approximate surface area is 266 Å². The van der Waals surface area contributed by atoms with Gasteiger partial charge in [-0.25, -0.2) is 17.2 Å². The van der Waals surface area contributed by atoms with Crippen LogP contribution in [0.15, 0.2) is 41.3 Å². The molecule has 3 aromatic rings. The van der Waals surface area contributed by atoms with Crippen LogP contribution in [0, 0.1) is 11.6 Å². The number of H-pyrrole nitrogens is 1. The van der Waals surface area contributed by atoms with Gasteiger partial charge in [0, 0.05) is 50.0 Å². The Hall–Kier alpha value is -3.92. The lowest BCUT2D eigenvalue weighted by molar-refractivity contribution is -0.118. The minimum Gasteiger partial charge on any atom is -0.369 e. The summed E-state index contributed by atoms with van der Waals surface area (Å²) >= 11 is 0. The highest BCUT2D eigenvalue weighted by molar-refractivity contribution is 7.89. The number of rotatable bonds is 7. The number of carbonyl (C=O) groups excluding carboxylic acids is 2. The number of piperazine rings is 1. The van der Waals surface area contributed by atoms with Crippen molar-refractivity contribution in [3.8, 4) is 0 Å². The van der Waals surface area contributed by atoms with Gasteiger partial charge in [-0.1, -0.05) is 6.42 Å². The van der Waals surface area contributed by atoms with Gasteiger partial charge < -0.3 is 25.8 Å². The van der Waals surface area contributed by atoms with Crippen molar-refractivity contribution in [3.05, 3.63) is 64.9 Å². The van der Waals surface area contributed by atoms with Crippen molar-refractivity contribution in [1.82, 2.24) is 24.7 Å². The summed E-state index contributed by atoms with van der Waals surface area (Å²) in [6.45, 7) is 7.20. The normalized spacial score (nSPS) is 20.4. The first kappa shape index (κ1) is 32.0. The smallest absolute Gasteiger partial charge is 0.258 e. The van der Waals surface area contributed by atoms with Crippen molar-refractivity contribution in [2.24, 2.45) is 0 Å². The molecule has 3 aliphatic rings. The van der Waals surface area contributed by atoms with Crippen molar-refractivity contribution in [2.45, 2.75) is 56.1 Å². The Morgan fingerprint density at radius 2 is 1.72 bits per heavy atom. The van der Waals surface area contributed by atoms with Gasteiger partial charge in [0.1, 0.15) is 11.6 Å². The molecule has 2 aromatic carbocycles. The first-order valence-electron chi connectivity index (χ1n) is 15.3. The fourth-order valence-electron chi connectivity index (χ4n) is 6.35. The summed E-state index contributed by atoms with van der Waals surface area (Å²) in [6.07, 6.45) is 2.63. The van der Waals surface area contributed by atoms with Crippen LogP contribution in [0.25, 0.3) is 0 Å². The standard InChI is InChI=1S/C31H38F2N8O4S/c1-31(2)27-24(18-41(31)46(44,45)22-15-19(32)14-20(33)16-22)28(38-37-27)36-29(42)23-8-7-21(40-12-10-39(3)11-13-40)17-26(23)35-30(43)25-6-4-5-9-34-25/h7-8,14-17,25,34H,4-6,9-13,18H2,1-3H3,(H,35,43)(H2,36,37,38,42). The second-order valence-electron chi connectivity index (χ2n) is 12.6. The molecule has 4 heterocycles. The minimum atomic E-state index is -4.34. The first-order valence-corrected chi connectivity index (χ1v) is 16.8. The number of amides is 2. The Bertz CT molecular complexity index is 1750. The second-order valence-corrected chi connectivity index (χ2v) is 14.4. The number of benzene rings is 2. The molecule has 1 aromatic heterocycles. The summed E-state index contributed by atoms with van der Waals surface area (Å²) in [5.41, 5.74) is 1.14. The summed E-state index contributed by atoms with van der Waals surface area (Å²) in [7, 11) is -2.28. The Morgan fingerprint density at radius 3 is 2.39 bits per heavy atom. The zero-order chi connectivity index (χ0) is 32.8. The lowest BCUT2D eigenvalue weighted by Crippen LogP contribution is -2.45. The molecule has 0 saturated carbocycles. The van der Waals surface area contributed by atoms with Crippen LogP contribution in [-0.4, -0.2) is 85.4 Å². The molecule has 0 aliphatic carbocycles. The van der Waals surface area contributed by atoms with E-state index in [0.717, 1.165) is 67.7 Å². The van der Waals surface area contributed by atoms with E-state index < -0.39 is 38.0 Å². The van der Waals surface area contributed by atoms with Gasteiger partial charge in [0.2, 0.25) is 15.9 Å². The van der Waals surface area contributed by atoms with E-state index in [1.165, 1.54) is 0 Å². The quantitative estimate of drug-likeness (QED) is 0.304. The number of piperidine rings is 1. The average molecular weight is 657 g/mol. The van der Waals surface area contributed by atoms with E-state index in [1.807, 2.05) is 12.1 Å². The molecule has 12 nitrogen and oxygen atoms in total. The van der Waals surface area contributed by atoms with Crippen molar-refractivity contribution >= 4 is 39.0 Å². The molecule has 0 bridgehead atoms. The van der Waals surface area contributed by atoms with Gasteiger partial charge in [-0.15, -0.1) is 0 Å². The molecule has 15 heteroatoms. The molecule has 6 rings (SSSR count). The van der Waals surface area contributed by atoms with Crippen LogP contribution in [0.1, 0.15) is 54.7 Å². The van der Waals surface area contributed by atoms with Crippen molar-refractivity contribution in [3.63, 3.8) is 0 Å². The largest absolute Gasteiger partial charge is 0.369 e. The number of hydrogen-bond donors (Lipinski definition) is 4. The third-order valence-corrected chi connectivity index (χ3v) is 11.1. The summed E-state index contributed by atoms with van der Waals surface area (Å²) in [5, 5.41) is 16.1. The SMILES string of the molecule is CN1CCN(c2ccc(C(=O)Nc3n[nH]c4c3CN(S(=O)(=O)c3cc(F)cc(F)c3)C4(C)C)c(NC(=O)C3CCCCN3)c2)CC1. The number of carbonyl (C=O) groups is 2. The van der Waals surface area contributed by atoms with E-state index >= 15 is 0 Å². The molecule has 0 spiro atoms. The molecular weight excluding hydrogens is 618 g/mol. The van der Waals surface area contributed by atoms with Crippen LogP contribution in [0.2, 0.25) is 0 Å². The molecule has 2 fully saturated rings. The van der Waals surface area contributed by atoms with Gasteiger partial charge in [-0.2, -0.15) is 9.40 Å². The van der Waals surface area contributed by atoms with Crippen LogP contribution >= 0.6 is 0 Å². The van der Waals surface area contributed by atoms with Crippen molar-refractivity contribution in [2.75, 3.05) is 55.3 Å². The summed E-state index contributed by atoms with van der Waals surface area (Å²) in [4.78, 5) is 31.0. The van der Waals surface area contributed by atoms with Gasteiger partial charge in [-0.3, -0.25) is 14.7 Å². The predicted octanol–water partition coefficient (Wildman–Crippen LogP) is 3.21. The van der Waals surface area contributed by atoms with Crippen LogP contribution in [0.5, 0.6) is 0 Å². The Kier molecular flexibility index (Phi) is 8.61. The Morgan fingerprint density at radius 1 is 1.00 bits per heavy atom. The number of nitrogens with zero attached hydrogens (tertiary/aromatic N) is 4. The zero-order valence-electron chi connectivity index (χ0n) is 26.0. The highest BCUT2D eigenvalue weighted by atomic mass is 32.2. The van der Waals surface area contributed by atoms with Gasteiger partial charge in [0.05, 0.1) is 33.4 Å². The van der Waals surface area contributed by atoms with E-state index in [1.54, 1.807) is 19.9 Å². The monoisotopic (exact) mass is 656 g/mol. The third kappa shape index (κ3) is 6.11. The minimum absolute atomic E-state index is 0.116. The molecule has 46 heavy (non-hydrogen) atoms. The van der Waals surface area contributed by atoms with Gasteiger partial charge >= 0.3 is 0 Å². The maximum atomic E-state index is 14.0. The Balaban J connectivity index is 1.27. The summed E-state index contributed by atoms with van der Waals surface area (Å²) < 4.78 is 56.1. The number of sulfonamides is 1. The van der Waals surface area contributed by atoms with Crippen LogP contribution in [-0.2, 0) is 26.9 Å². The van der Waals surface area contributed by atoms with E-state index in [0.29, 0.717) is 29.4 Å². The molecule has 3 aliphatic heterocycles. The highest BCUT2D eigenvalue weighted by Gasteiger charge is 2.48. The van der Waals surface area contributed by atoms with E-state index in [2.05, 4.69) is 43.0 Å². The number of likely N-dealkylation sites (N-methyl/N-ethyl adjacent to an activating group) is 1. The third-order valence-electron chi connectivity index (χ3n) is 9.06. The number of anilines is 3. The maximum absolute atomic E-state index is 14.0. The van der Waals surface area contributed by atoms with E-state index in [9.17, 15) is 26.8 Å². The first-order chi connectivity index (χ1) is 21.8. The summed E-state index contributed by atoms with van der Waals surface area (Å²) in [6, 6.07) is 7.10. The molecule has 1 unspecified atom stereocenters. The molecule has 4 N–H and O–H groups in total. The number of fused-ring (bicyclic) bond motifs is 1. The lowest BCUT2D eigenvalue weighted by atomic mass is 10.0. The van der Waals surface area contributed by atoms with Crippen LogP contribution in [0.3, 0.4) is 0 Å². The van der Waals surface area contributed by atoms with Crippen LogP contribution in [0.4, 0.5) is 26.0 Å². The fraction of sp³-hybridized carbons (Fsp3) is 0.452. The molecule has 246 valence electrons. The number of halogens is 2. The number of aromatic amines is 1. The van der Waals surface area contributed by atoms with Gasteiger partial charge in [0.15, 0.2) is 5.82 Å². The summed E-state index contributed by atoms with van der Waals surface area (Å²) in [5.74, 6) is -2.67. The fourth-order valence-corrected chi connectivity index (χ4v) is 8.12. The number of hydrogen-bond acceptors (Lipinski definition) is 8. The van der Waals surface area contributed by atoms with E-state index in [4.69, 9.17) is 0 Å². The maximum Gasteiger partial charge on any atom is 0.258 e. The molecule has 0 radical (unpaired) electrons. The molecule has 2 amide bonds. The second kappa shape index (κ2) is 12.4. The van der Waals surface area contributed by atoms with Gasteiger partial charge in [-0.05, 0) is 70.6 Å². The van der Waals surface area contributed by atoms with Gasteiger partial charge in [0.25, 0.3) is 5.91 Å². The highest BCUT2D eigenvalue weighted by Crippen LogP contribution is 2.44. The van der Waals surface area contributed by atoms with Crippen molar-refractivity contribution < 1.29 is 26.8 Å². The van der Waals surface area contributed by atoms with Crippen molar-refractivity contribution in [1.29, 1.82) is 0 Å². The topological polar surface area (TPSA) is 143 Å². The number of aromatic nitrogens is 2. The predicted molar refractivity (Wildman–Crippen MR) is 169 cm³/mol. The molecule has 2 saturated heterocycles. The van der Waals surface area contributed by atoms with Crippen LogP contribution < -0.4 is 20.9 Å². The molecular formula is C31H38F2N8O4S. The molecule has 1 atom stereocenters. The average Bonchev–Trinajstić information content (AvgIpc) is 3.55. The lowest BCUT2D eigenvalue weighted by Gasteiger charge is -2.34. The zero-order valence-corrected chi connectivity index (χ0v) is 26.8.